The monoisotopic (exact) mass is 553 g/mol. The highest BCUT2D eigenvalue weighted by Crippen LogP contribution is 2.37. The van der Waals surface area contributed by atoms with E-state index in [1.165, 1.54) is 13.1 Å². The molecular weight excluding hydrogens is 526 g/mol. The number of fused-ring (bicyclic) bond motifs is 1. The fourth-order valence-corrected chi connectivity index (χ4v) is 5.59. The standard InChI is InChI=1S/C27H27N5O4S.ClH/c1-3-37(35,36)32-23-11-7-10-22(20-14-12-19(13-15-20)17-30-29)25(23)18(2)26(32)27(34)31(24(33)16-28)21-8-5-4-6-9-21;/h4-15,17H,3,16,28-29H2,1-2H3;1H. The first-order valence-corrected chi connectivity index (χ1v) is 13.2. The predicted octanol–water partition coefficient (Wildman–Crippen LogP) is 3.66. The van der Waals surface area contributed by atoms with Gasteiger partial charge in [-0.15, -0.1) is 12.4 Å². The number of hydrazone groups is 1. The number of benzene rings is 3. The topological polar surface area (TPSA) is 141 Å². The van der Waals surface area contributed by atoms with Crippen LogP contribution in [0.3, 0.4) is 0 Å². The summed E-state index contributed by atoms with van der Waals surface area (Å²) in [5, 5.41) is 4.13. The molecule has 4 aromatic rings. The Morgan fingerprint density at radius 1 is 1.00 bits per heavy atom. The van der Waals surface area contributed by atoms with Crippen LogP contribution >= 0.6 is 12.4 Å². The van der Waals surface area contributed by atoms with E-state index in [9.17, 15) is 18.0 Å². The van der Waals surface area contributed by atoms with Gasteiger partial charge in [-0.2, -0.15) is 5.10 Å². The average molecular weight is 554 g/mol. The molecule has 0 aliphatic rings. The third kappa shape index (κ3) is 5.06. The van der Waals surface area contributed by atoms with Gasteiger partial charge in [0.15, 0.2) is 0 Å². The Kier molecular flexibility index (Phi) is 8.72. The summed E-state index contributed by atoms with van der Waals surface area (Å²) in [6, 6.07) is 21.0. The third-order valence-corrected chi connectivity index (χ3v) is 7.79. The zero-order chi connectivity index (χ0) is 26.7. The maximum atomic E-state index is 14.0. The summed E-state index contributed by atoms with van der Waals surface area (Å²) in [5.41, 5.74) is 8.96. The second-order valence-electron chi connectivity index (χ2n) is 8.31. The number of hydrogen-bond donors (Lipinski definition) is 2. The van der Waals surface area contributed by atoms with E-state index in [1.807, 2.05) is 30.3 Å². The zero-order valence-corrected chi connectivity index (χ0v) is 22.5. The second-order valence-corrected chi connectivity index (χ2v) is 10.4. The van der Waals surface area contributed by atoms with Gasteiger partial charge in [-0.25, -0.2) is 17.3 Å². The van der Waals surface area contributed by atoms with Gasteiger partial charge in [-0.1, -0.05) is 54.6 Å². The molecule has 2 amide bonds. The first kappa shape index (κ1) is 28.6. The number of amides is 2. The highest BCUT2D eigenvalue weighted by atomic mass is 35.5. The van der Waals surface area contributed by atoms with Crippen molar-refractivity contribution in [1.29, 1.82) is 0 Å². The largest absolute Gasteiger partial charge is 0.323 e. The number of hydrogen-bond acceptors (Lipinski definition) is 7. The van der Waals surface area contributed by atoms with Crippen LogP contribution in [-0.2, 0) is 14.8 Å². The van der Waals surface area contributed by atoms with E-state index in [2.05, 4.69) is 5.10 Å². The van der Waals surface area contributed by atoms with Crippen LogP contribution in [0, 0.1) is 6.92 Å². The van der Waals surface area contributed by atoms with Crippen LogP contribution in [0.4, 0.5) is 5.69 Å². The molecule has 4 rings (SSSR count). The van der Waals surface area contributed by atoms with Crippen molar-refractivity contribution in [1.82, 2.24) is 3.97 Å². The molecule has 0 saturated heterocycles. The Labute approximate surface area is 227 Å². The van der Waals surface area contributed by atoms with Crippen molar-refractivity contribution in [2.75, 3.05) is 17.2 Å². The lowest BCUT2D eigenvalue weighted by Crippen LogP contribution is -2.42. The molecule has 0 bridgehead atoms. The molecule has 1 heterocycles. The number of aryl methyl sites for hydroxylation is 1. The Hall–Kier alpha value is -3.99. The summed E-state index contributed by atoms with van der Waals surface area (Å²) in [6.07, 6.45) is 1.52. The number of anilines is 1. The van der Waals surface area contributed by atoms with E-state index in [1.54, 1.807) is 49.4 Å². The molecule has 0 saturated carbocycles. The van der Waals surface area contributed by atoms with Crippen molar-refractivity contribution in [2.45, 2.75) is 13.8 Å². The highest BCUT2D eigenvalue weighted by Gasteiger charge is 2.33. The molecule has 0 fully saturated rings. The number of halogens is 1. The van der Waals surface area contributed by atoms with Gasteiger partial charge in [0, 0.05) is 5.39 Å². The molecule has 9 nitrogen and oxygen atoms in total. The van der Waals surface area contributed by atoms with Gasteiger partial charge in [-0.3, -0.25) is 9.59 Å². The average Bonchev–Trinajstić information content (AvgIpc) is 3.23. The van der Waals surface area contributed by atoms with Crippen LogP contribution in [0.5, 0.6) is 0 Å². The van der Waals surface area contributed by atoms with Crippen molar-refractivity contribution in [3.63, 3.8) is 0 Å². The lowest BCUT2D eigenvalue weighted by Gasteiger charge is -2.21. The van der Waals surface area contributed by atoms with E-state index in [4.69, 9.17) is 11.6 Å². The Morgan fingerprint density at radius 3 is 2.24 bits per heavy atom. The van der Waals surface area contributed by atoms with Crippen molar-refractivity contribution in [3.05, 3.63) is 89.6 Å². The van der Waals surface area contributed by atoms with Crippen LogP contribution in [-0.4, -0.2) is 42.7 Å². The summed E-state index contributed by atoms with van der Waals surface area (Å²) >= 11 is 0. The Morgan fingerprint density at radius 2 is 1.66 bits per heavy atom. The van der Waals surface area contributed by atoms with Crippen molar-refractivity contribution in [2.24, 2.45) is 16.7 Å². The maximum absolute atomic E-state index is 14.0. The number of rotatable bonds is 7. The maximum Gasteiger partial charge on any atom is 0.283 e. The van der Waals surface area contributed by atoms with Gasteiger partial charge < -0.3 is 11.6 Å². The summed E-state index contributed by atoms with van der Waals surface area (Å²) in [5.74, 6) is 3.57. The quantitative estimate of drug-likeness (QED) is 0.203. The lowest BCUT2D eigenvalue weighted by atomic mass is 9.98. The van der Waals surface area contributed by atoms with Crippen LogP contribution in [0.25, 0.3) is 22.0 Å². The molecule has 0 spiro atoms. The molecule has 3 aromatic carbocycles. The number of aromatic nitrogens is 1. The second kappa shape index (κ2) is 11.6. The number of carbonyl (C=O) groups excluding carboxylic acids is 2. The predicted molar refractivity (Wildman–Crippen MR) is 153 cm³/mol. The van der Waals surface area contributed by atoms with Gasteiger partial charge in [-0.05, 0) is 54.3 Å². The van der Waals surface area contributed by atoms with E-state index >= 15 is 0 Å². The molecule has 0 aliphatic carbocycles. The van der Waals surface area contributed by atoms with Gasteiger partial charge >= 0.3 is 0 Å². The smallest absolute Gasteiger partial charge is 0.283 e. The minimum Gasteiger partial charge on any atom is -0.323 e. The highest BCUT2D eigenvalue weighted by molar-refractivity contribution is 7.90. The normalized spacial score (nSPS) is 11.4. The summed E-state index contributed by atoms with van der Waals surface area (Å²) in [6.45, 7) is 2.77. The van der Waals surface area contributed by atoms with Gasteiger partial charge in [0.25, 0.3) is 5.91 Å². The first-order valence-electron chi connectivity index (χ1n) is 11.6. The molecule has 0 unspecified atom stereocenters. The fraction of sp³-hybridized carbons (Fsp3) is 0.148. The zero-order valence-electron chi connectivity index (χ0n) is 20.9. The van der Waals surface area contributed by atoms with E-state index in [-0.39, 0.29) is 23.9 Å². The molecule has 38 heavy (non-hydrogen) atoms. The lowest BCUT2D eigenvalue weighted by molar-refractivity contribution is -0.116. The molecule has 0 atom stereocenters. The van der Waals surface area contributed by atoms with E-state index in [0.717, 1.165) is 25.6 Å². The molecule has 0 aliphatic heterocycles. The van der Waals surface area contributed by atoms with Gasteiger partial charge in [0.2, 0.25) is 15.9 Å². The molecule has 11 heteroatoms. The summed E-state index contributed by atoms with van der Waals surface area (Å²) < 4.78 is 27.8. The number of imide groups is 1. The van der Waals surface area contributed by atoms with Crippen LogP contribution in [0.1, 0.15) is 28.5 Å². The van der Waals surface area contributed by atoms with E-state index < -0.39 is 28.4 Å². The number of para-hydroxylation sites is 1. The fourth-order valence-electron chi connectivity index (χ4n) is 4.38. The van der Waals surface area contributed by atoms with Crippen molar-refractivity contribution < 1.29 is 18.0 Å². The number of carbonyl (C=O) groups is 2. The molecule has 0 radical (unpaired) electrons. The van der Waals surface area contributed by atoms with Crippen LogP contribution < -0.4 is 16.5 Å². The Balaban J connectivity index is 0.00000400. The van der Waals surface area contributed by atoms with Gasteiger partial charge in [0.05, 0.1) is 29.7 Å². The van der Waals surface area contributed by atoms with Crippen LogP contribution in [0.15, 0.2) is 77.9 Å². The number of nitrogens with zero attached hydrogens (tertiary/aromatic N) is 3. The first-order chi connectivity index (χ1) is 17.7. The minimum absolute atomic E-state index is 0. The van der Waals surface area contributed by atoms with Crippen LogP contribution in [0.2, 0.25) is 0 Å². The van der Waals surface area contributed by atoms with Crippen molar-refractivity contribution >= 4 is 57.0 Å². The SMILES string of the molecule is CCS(=O)(=O)n1c(C(=O)N(C(=O)CN)c2ccccc2)c(C)c2c(-c3ccc(C=NN)cc3)cccc21.Cl. The molecule has 198 valence electrons. The number of nitrogens with two attached hydrogens (primary N) is 2. The molecule has 4 N–H and O–H groups in total. The summed E-state index contributed by atoms with van der Waals surface area (Å²) in [7, 11) is -3.95. The Bertz CT molecular complexity index is 1610. The van der Waals surface area contributed by atoms with Gasteiger partial charge in [0.1, 0.15) is 5.69 Å². The van der Waals surface area contributed by atoms with E-state index in [0.29, 0.717) is 22.2 Å². The van der Waals surface area contributed by atoms with Crippen molar-refractivity contribution in [3.8, 4) is 11.1 Å². The molecule has 1 aromatic heterocycles. The summed E-state index contributed by atoms with van der Waals surface area (Å²) in [4.78, 5) is 27.8. The minimum atomic E-state index is -3.95. The molecular formula is C27H28ClN5O4S. The third-order valence-electron chi connectivity index (χ3n) is 6.13.